The third-order valence-corrected chi connectivity index (χ3v) is 6.14. The molecule has 7 nitrogen and oxygen atoms in total. The van der Waals surface area contributed by atoms with Crippen LogP contribution >= 0.6 is 11.6 Å². The highest BCUT2D eigenvalue weighted by Gasteiger charge is 2.36. The summed E-state index contributed by atoms with van der Waals surface area (Å²) in [6.45, 7) is 3.40. The molecule has 2 N–H and O–H groups in total. The highest BCUT2D eigenvalue weighted by molar-refractivity contribution is 6.30. The fourth-order valence-electron chi connectivity index (χ4n) is 3.93. The van der Waals surface area contributed by atoms with Gasteiger partial charge in [0.05, 0.1) is 18.7 Å². The number of carboxylic acids is 1. The van der Waals surface area contributed by atoms with Crippen molar-refractivity contribution in [3.63, 3.8) is 0 Å². The average Bonchev–Trinajstić information content (AvgIpc) is 2.84. The van der Waals surface area contributed by atoms with E-state index >= 15 is 0 Å². The molecule has 1 aliphatic heterocycles. The molecule has 0 saturated carbocycles. The highest BCUT2D eigenvalue weighted by atomic mass is 35.5. The Balaban J connectivity index is 1.59. The molecule has 3 aromatic rings. The van der Waals surface area contributed by atoms with E-state index in [4.69, 9.17) is 25.8 Å². The van der Waals surface area contributed by atoms with Crippen molar-refractivity contribution in [1.29, 1.82) is 0 Å². The maximum Gasteiger partial charge on any atom is 0.335 e. The normalized spacial score (nSPS) is 17.0. The molecular formula is C27H26ClNO6. The van der Waals surface area contributed by atoms with Crippen molar-refractivity contribution < 1.29 is 28.9 Å². The number of rotatable bonds is 7. The fourth-order valence-corrected chi connectivity index (χ4v) is 4.06. The lowest BCUT2D eigenvalue weighted by Crippen LogP contribution is -2.48. The van der Waals surface area contributed by atoms with E-state index in [1.165, 1.54) is 0 Å². The van der Waals surface area contributed by atoms with E-state index < -0.39 is 17.7 Å². The topological polar surface area (TPSA) is 94.1 Å². The number of ether oxygens (including phenoxy) is 3. The lowest BCUT2D eigenvalue weighted by atomic mass is 9.91. The van der Waals surface area contributed by atoms with Gasteiger partial charge in [0.15, 0.2) is 5.60 Å². The molecule has 0 fully saturated rings. The summed E-state index contributed by atoms with van der Waals surface area (Å²) < 4.78 is 17.5. The predicted octanol–water partition coefficient (Wildman–Crippen LogP) is 5.59. The van der Waals surface area contributed by atoms with Crippen molar-refractivity contribution in [2.45, 2.75) is 38.0 Å². The van der Waals surface area contributed by atoms with Crippen molar-refractivity contribution >= 4 is 23.5 Å². The molecule has 0 unspecified atom stereocenters. The molecule has 35 heavy (non-hydrogen) atoms. The van der Waals surface area contributed by atoms with E-state index in [1.807, 2.05) is 12.1 Å². The second-order valence-corrected chi connectivity index (χ2v) is 9.20. The summed E-state index contributed by atoms with van der Waals surface area (Å²) in [5, 5.41) is 12.9. The quantitative estimate of drug-likeness (QED) is 0.444. The van der Waals surface area contributed by atoms with Crippen molar-refractivity contribution in [1.82, 2.24) is 5.32 Å². The number of fused-ring (bicyclic) bond motifs is 1. The van der Waals surface area contributed by atoms with Gasteiger partial charge in [-0.15, -0.1) is 0 Å². The molecule has 1 amide bonds. The zero-order valence-corrected chi connectivity index (χ0v) is 20.3. The van der Waals surface area contributed by atoms with E-state index in [2.05, 4.69) is 5.32 Å². The van der Waals surface area contributed by atoms with Crippen molar-refractivity contribution in [3.05, 3.63) is 88.4 Å². The van der Waals surface area contributed by atoms with Gasteiger partial charge >= 0.3 is 5.97 Å². The number of aromatic carboxylic acids is 1. The lowest BCUT2D eigenvalue weighted by molar-refractivity contribution is -0.135. The number of methoxy groups -OCH3 is 1. The van der Waals surface area contributed by atoms with Crippen LogP contribution in [0.4, 0.5) is 0 Å². The Morgan fingerprint density at radius 3 is 2.31 bits per heavy atom. The first-order valence-corrected chi connectivity index (χ1v) is 11.5. The van der Waals surface area contributed by atoms with E-state index in [-0.39, 0.29) is 17.5 Å². The van der Waals surface area contributed by atoms with Gasteiger partial charge in [-0.3, -0.25) is 4.79 Å². The summed E-state index contributed by atoms with van der Waals surface area (Å²) in [4.78, 5) is 24.5. The van der Waals surface area contributed by atoms with Crippen LogP contribution in [0, 0.1) is 0 Å². The van der Waals surface area contributed by atoms with Gasteiger partial charge in [-0.05, 0) is 67.9 Å². The van der Waals surface area contributed by atoms with Crippen LogP contribution in [0.3, 0.4) is 0 Å². The molecule has 1 heterocycles. The van der Waals surface area contributed by atoms with Crippen LogP contribution in [0.2, 0.25) is 5.02 Å². The Bertz CT molecular complexity index is 1220. The SMILES string of the molecule is COc1ccc2c(c1)O[C@@H](c1ccc(C(=O)O)cc1)C[C@H]2NC(=O)C(C)(C)Oc1ccc(Cl)cc1. The fraction of sp³-hybridized carbons (Fsp3) is 0.259. The standard InChI is InChI=1S/C27H26ClNO6/c1-27(2,35-19-10-8-18(28)9-11-19)26(32)29-22-15-23(16-4-6-17(7-5-16)25(30)31)34-24-14-20(33-3)12-13-21(22)24/h4-14,22-23H,15H2,1-3H3,(H,29,32)(H,30,31)/t22-,23-/m1/s1. The molecule has 0 saturated heterocycles. The van der Waals surface area contributed by atoms with Gasteiger partial charge in [-0.25, -0.2) is 4.79 Å². The van der Waals surface area contributed by atoms with Gasteiger partial charge < -0.3 is 24.6 Å². The Morgan fingerprint density at radius 1 is 1.03 bits per heavy atom. The number of nitrogens with one attached hydrogen (secondary N) is 1. The van der Waals surface area contributed by atoms with Gasteiger partial charge in [0.25, 0.3) is 5.91 Å². The minimum atomic E-state index is -1.16. The molecule has 0 bridgehead atoms. The molecule has 0 aromatic heterocycles. The number of amides is 1. The van der Waals surface area contributed by atoms with E-state index in [9.17, 15) is 14.7 Å². The molecule has 0 radical (unpaired) electrons. The average molecular weight is 496 g/mol. The number of hydrogen-bond acceptors (Lipinski definition) is 5. The minimum absolute atomic E-state index is 0.192. The van der Waals surface area contributed by atoms with E-state index in [1.54, 1.807) is 75.6 Å². The zero-order valence-electron chi connectivity index (χ0n) is 19.6. The van der Waals surface area contributed by atoms with Gasteiger partial charge in [-0.2, -0.15) is 0 Å². The van der Waals surface area contributed by atoms with Gasteiger partial charge in [0.1, 0.15) is 23.4 Å². The predicted molar refractivity (Wildman–Crippen MR) is 131 cm³/mol. The molecule has 0 aliphatic carbocycles. The molecule has 182 valence electrons. The first kappa shape index (κ1) is 24.4. The molecule has 3 aromatic carbocycles. The maximum atomic E-state index is 13.3. The summed E-state index contributed by atoms with van der Waals surface area (Å²) >= 11 is 5.95. The Hall–Kier alpha value is -3.71. The summed E-state index contributed by atoms with van der Waals surface area (Å²) in [6, 6.07) is 18.5. The Morgan fingerprint density at radius 2 is 1.69 bits per heavy atom. The second kappa shape index (κ2) is 9.88. The van der Waals surface area contributed by atoms with Gasteiger partial charge in [0.2, 0.25) is 0 Å². The molecule has 2 atom stereocenters. The monoisotopic (exact) mass is 495 g/mol. The summed E-state index contributed by atoms with van der Waals surface area (Å²) in [7, 11) is 1.57. The largest absolute Gasteiger partial charge is 0.497 e. The number of carbonyl (C=O) groups excluding carboxylic acids is 1. The number of hydrogen-bond donors (Lipinski definition) is 2. The molecule has 0 spiro atoms. The number of carboxylic acid groups (broad SMARTS) is 1. The number of carbonyl (C=O) groups is 2. The minimum Gasteiger partial charge on any atom is -0.497 e. The first-order valence-electron chi connectivity index (χ1n) is 11.1. The summed E-state index contributed by atoms with van der Waals surface area (Å²) in [5.74, 6) is 0.458. The van der Waals surface area contributed by atoms with E-state index in [0.29, 0.717) is 28.7 Å². The third kappa shape index (κ3) is 5.52. The molecular weight excluding hydrogens is 470 g/mol. The van der Waals surface area contributed by atoms with Crippen molar-refractivity contribution in [2.24, 2.45) is 0 Å². The van der Waals surface area contributed by atoms with Crippen LogP contribution in [0.15, 0.2) is 66.7 Å². The molecule has 1 aliphatic rings. The molecule has 8 heteroatoms. The van der Waals surface area contributed by atoms with Crippen LogP contribution in [-0.2, 0) is 4.79 Å². The maximum absolute atomic E-state index is 13.3. The highest BCUT2D eigenvalue weighted by Crippen LogP contribution is 2.42. The van der Waals surface area contributed by atoms with Crippen LogP contribution < -0.4 is 19.5 Å². The van der Waals surface area contributed by atoms with Crippen LogP contribution in [-0.4, -0.2) is 29.7 Å². The van der Waals surface area contributed by atoms with Gasteiger partial charge in [-0.1, -0.05) is 23.7 Å². The number of halogens is 1. The van der Waals surface area contributed by atoms with Crippen LogP contribution in [0.5, 0.6) is 17.2 Å². The van der Waals surface area contributed by atoms with Crippen molar-refractivity contribution in [3.8, 4) is 17.2 Å². The number of benzene rings is 3. The first-order chi connectivity index (χ1) is 16.7. The van der Waals surface area contributed by atoms with Crippen LogP contribution in [0.1, 0.15) is 53.9 Å². The Kier molecular flexibility index (Phi) is 6.89. The Labute approximate surface area is 208 Å². The summed E-state index contributed by atoms with van der Waals surface area (Å²) in [6.07, 6.45) is 0.0529. The molecule has 4 rings (SSSR count). The van der Waals surface area contributed by atoms with Crippen LogP contribution in [0.25, 0.3) is 0 Å². The van der Waals surface area contributed by atoms with Gasteiger partial charge in [0, 0.05) is 23.1 Å². The smallest absolute Gasteiger partial charge is 0.335 e. The summed E-state index contributed by atoms with van der Waals surface area (Å²) in [5.41, 5.74) is 0.661. The second-order valence-electron chi connectivity index (χ2n) is 8.77. The lowest BCUT2D eigenvalue weighted by Gasteiger charge is -2.35. The third-order valence-electron chi connectivity index (χ3n) is 5.88. The van der Waals surface area contributed by atoms with Crippen molar-refractivity contribution in [2.75, 3.05) is 7.11 Å². The zero-order chi connectivity index (χ0) is 25.2. The van der Waals surface area contributed by atoms with E-state index in [0.717, 1.165) is 11.1 Å².